The van der Waals surface area contributed by atoms with Crippen molar-refractivity contribution < 1.29 is 75.0 Å². The number of aromatic nitrogens is 6. The minimum atomic E-state index is -2.47. The van der Waals surface area contributed by atoms with Gasteiger partial charge in [-0.1, -0.05) is 115 Å². The average Bonchev–Trinajstić information content (AvgIpc) is 1.47. The second kappa shape index (κ2) is 40.1. The van der Waals surface area contributed by atoms with Crippen molar-refractivity contribution in [3.63, 3.8) is 0 Å². The quantitative estimate of drug-likeness (QED) is 0.0103. The van der Waals surface area contributed by atoms with Crippen LogP contribution < -0.4 is 41.2 Å². The summed E-state index contributed by atoms with van der Waals surface area (Å²) in [5.74, 6) is 0.781. The van der Waals surface area contributed by atoms with Crippen molar-refractivity contribution in [3.8, 4) is 34.8 Å². The minimum absolute atomic E-state index is 0.0252. The summed E-state index contributed by atoms with van der Waals surface area (Å²) in [6, 6.07) is 51.7. The summed E-state index contributed by atoms with van der Waals surface area (Å²) >= 11 is 1.58. The highest BCUT2D eigenvalue weighted by Gasteiger charge is 2.48. The Morgan fingerprint density at radius 3 is 1.98 bits per heavy atom. The van der Waals surface area contributed by atoms with Crippen molar-refractivity contribution in [2.24, 2.45) is 0 Å². The number of carbonyl (C=O) groups excluding carboxylic acids is 4. The van der Waals surface area contributed by atoms with Gasteiger partial charge in [0.25, 0.3) is 20.0 Å². The average molecular weight is 1650 g/mol. The van der Waals surface area contributed by atoms with E-state index in [-0.39, 0.29) is 132 Å². The molecular weight excluding hydrogens is 1560 g/mol. The highest BCUT2D eigenvalue weighted by atomic mass is 32.2. The van der Waals surface area contributed by atoms with E-state index in [1.165, 1.54) is 12.7 Å². The molecule has 0 bridgehead atoms. The Labute approximate surface area is 683 Å². The van der Waals surface area contributed by atoms with Crippen molar-refractivity contribution in [1.82, 2.24) is 39.5 Å². The number of thioether (sulfide) groups is 1. The Kier molecular flexibility index (Phi) is 28.9. The predicted molar refractivity (Wildman–Crippen MR) is 439 cm³/mol. The second-order valence-electron chi connectivity index (χ2n) is 28.2. The Morgan fingerprint density at radius 1 is 0.701 bits per heavy atom. The van der Waals surface area contributed by atoms with Crippen LogP contribution in [0.3, 0.4) is 0 Å². The van der Waals surface area contributed by atoms with Gasteiger partial charge in [-0.05, 0) is 115 Å². The van der Waals surface area contributed by atoms with Gasteiger partial charge >= 0.3 is 20.7 Å². The van der Waals surface area contributed by atoms with Crippen molar-refractivity contribution in [1.29, 1.82) is 10.5 Å². The first kappa shape index (κ1) is 84.4. The number of hydrogen-bond donors (Lipinski definition) is 5. The number of aromatic amines is 1. The van der Waals surface area contributed by atoms with Gasteiger partial charge < -0.3 is 76.6 Å². The number of methoxy groups -OCH3 is 2. The zero-order valence-electron chi connectivity index (χ0n) is 65.7. The van der Waals surface area contributed by atoms with Gasteiger partial charge in [-0.3, -0.25) is 34.0 Å². The molecule has 3 unspecified atom stereocenters. The number of H-pyrrole nitrogens is 1. The molecule has 612 valence electrons. The van der Waals surface area contributed by atoms with E-state index in [0.717, 1.165) is 38.9 Å². The molecule has 2 fully saturated rings. The van der Waals surface area contributed by atoms with E-state index in [1.807, 2.05) is 166 Å². The van der Waals surface area contributed by atoms with E-state index in [9.17, 15) is 34.5 Å². The molecule has 117 heavy (non-hydrogen) atoms. The van der Waals surface area contributed by atoms with Crippen molar-refractivity contribution >= 4 is 87.2 Å². The van der Waals surface area contributed by atoms with Crippen LogP contribution in [0.4, 0.5) is 28.1 Å². The molecular formula is C83H92N14O17P2S. The Bertz CT molecular complexity index is 4940. The summed E-state index contributed by atoms with van der Waals surface area (Å²) in [6.07, 6.45) is -1.26. The molecule has 3 aromatic heterocycles. The maximum absolute atomic E-state index is 14.0. The number of alkyl carbamates (subject to hydrolysis) is 1. The number of amides is 3. The zero-order chi connectivity index (χ0) is 82.0. The highest BCUT2D eigenvalue weighted by molar-refractivity contribution is 7.98. The molecule has 5 N–H and O–H groups in total. The largest absolute Gasteiger partial charge is 0.497 e. The number of fused-ring (bicyclic) bond motifs is 5. The lowest BCUT2D eigenvalue weighted by Crippen LogP contribution is -2.38. The predicted octanol–water partition coefficient (Wildman–Crippen LogP) is 13.0. The van der Waals surface area contributed by atoms with E-state index in [4.69, 9.17) is 65.7 Å². The van der Waals surface area contributed by atoms with Crippen LogP contribution in [0.2, 0.25) is 0 Å². The third-order valence-corrected chi connectivity index (χ3v) is 24.0. The van der Waals surface area contributed by atoms with Gasteiger partial charge in [0, 0.05) is 55.1 Å². The number of benzene rings is 6. The van der Waals surface area contributed by atoms with E-state index in [2.05, 4.69) is 53.0 Å². The summed E-state index contributed by atoms with van der Waals surface area (Å²) in [7, 11) is -1.16. The fourth-order valence-corrected chi connectivity index (χ4v) is 17.7. The van der Waals surface area contributed by atoms with Crippen molar-refractivity contribution in [2.75, 3.05) is 99.9 Å². The number of ether oxygens (including phenoxy) is 7. The van der Waals surface area contributed by atoms with Gasteiger partial charge in [-0.25, -0.2) is 24.4 Å². The molecule has 0 radical (unpaired) electrons. The molecule has 13 rings (SSSR count). The van der Waals surface area contributed by atoms with Crippen LogP contribution in [0, 0.1) is 22.7 Å². The number of esters is 1. The monoisotopic (exact) mass is 1650 g/mol. The molecule has 6 heterocycles. The number of rotatable bonds is 39. The van der Waals surface area contributed by atoms with Crippen LogP contribution >= 0.6 is 28.9 Å². The van der Waals surface area contributed by atoms with Crippen LogP contribution in [-0.2, 0) is 67.9 Å². The number of hydrogen-bond acceptors (Lipinski definition) is 27. The van der Waals surface area contributed by atoms with Crippen molar-refractivity contribution in [3.05, 3.63) is 214 Å². The molecule has 0 spiro atoms. The summed E-state index contributed by atoms with van der Waals surface area (Å²) in [5, 5.41) is 31.3. The van der Waals surface area contributed by atoms with Gasteiger partial charge in [-0.2, -0.15) is 27.3 Å². The Balaban J connectivity index is 0.775. The van der Waals surface area contributed by atoms with Crippen molar-refractivity contribution in [2.45, 2.75) is 127 Å². The topological polar surface area (TPSA) is 371 Å². The Morgan fingerprint density at radius 2 is 1.32 bits per heavy atom. The number of imidazole rings is 1. The number of nitriles is 2. The molecule has 34 heteroatoms. The third-order valence-electron chi connectivity index (χ3n) is 20.0. The molecule has 2 saturated heterocycles. The van der Waals surface area contributed by atoms with Crippen LogP contribution in [-0.4, -0.2) is 180 Å². The summed E-state index contributed by atoms with van der Waals surface area (Å²) < 4.78 is 81.8. The lowest BCUT2D eigenvalue weighted by molar-refractivity contribution is -0.142. The van der Waals surface area contributed by atoms with E-state index in [0.29, 0.717) is 46.5 Å². The third kappa shape index (κ3) is 20.2. The first-order chi connectivity index (χ1) is 57.0. The Hall–Kier alpha value is -10.5. The molecule has 3 aliphatic heterocycles. The normalized spacial score (nSPS) is 18.0. The smallest absolute Gasteiger partial charge is 0.407 e. The summed E-state index contributed by atoms with van der Waals surface area (Å²) in [6.45, 7) is 8.16. The standard InChI is InChI=1S/C83H92N14O17P2S/c1-52(2)97(53(3)4)115(108-39-15-36-84)113-66-44-71(95-50-89-74-76(87-49-88-77(74)95)92-79(100)55-25-23-54(24-26-55)43-73(99)105-41-42-117-7)112-69(66)48-110-116(109-40-16-37-85)114-67-45-72(111-68(67)47-107-83(56-17-9-8-10-18-56,57-27-31-59(103-5)32-28-57)58-29-33-60(104-6)34-30-58)96-51-90-75-78(96)93-81(94-80(75)101)91-70(98)35-38-86-82(102)106-46-65-63-21-13-11-19-61(63)62-20-12-14-22-64(62)65/h8-14,17-34,49,51-53,65-69,71-72,89H,15-16,35,38-48,50H2,1-7H3,(H,86,102)(H,87,88,92,100)(H2,91,93,94,98,101)/t66-,67-,68+,69?,71+,72+,115?,116?/m0/s1. The maximum atomic E-state index is 14.0. The number of carbonyl (C=O) groups is 4. The zero-order valence-corrected chi connectivity index (χ0v) is 68.3. The van der Waals surface area contributed by atoms with Gasteiger partial charge in [0.1, 0.15) is 67.0 Å². The molecule has 3 amide bonds. The van der Waals surface area contributed by atoms with Crippen LogP contribution in [0.5, 0.6) is 11.5 Å². The van der Waals surface area contributed by atoms with Gasteiger partial charge in [0.2, 0.25) is 11.9 Å². The maximum Gasteiger partial charge on any atom is 0.407 e. The lowest BCUT2D eigenvalue weighted by atomic mass is 9.80. The van der Waals surface area contributed by atoms with E-state index >= 15 is 0 Å². The van der Waals surface area contributed by atoms with Gasteiger partial charge in [-0.15, -0.1) is 0 Å². The molecule has 0 saturated carbocycles. The highest BCUT2D eigenvalue weighted by Crippen LogP contribution is 2.53. The fraction of sp³-hybridized carbons (Fsp3) is 0.386. The lowest BCUT2D eigenvalue weighted by Gasteiger charge is -2.37. The van der Waals surface area contributed by atoms with Crippen LogP contribution in [0.25, 0.3) is 22.3 Å². The van der Waals surface area contributed by atoms with E-state index < -0.39 is 83.1 Å². The molecule has 8 atom stereocenters. The first-order valence-corrected chi connectivity index (χ1v) is 42.0. The molecule has 9 aromatic rings. The fourth-order valence-electron chi connectivity index (χ4n) is 14.5. The van der Waals surface area contributed by atoms with Crippen LogP contribution in [0.15, 0.2) is 169 Å². The molecule has 4 aliphatic rings. The minimum Gasteiger partial charge on any atom is -0.497 e. The number of anilines is 4. The van der Waals surface area contributed by atoms with Gasteiger partial charge in [0.05, 0.1) is 97.3 Å². The molecule has 1 aliphatic carbocycles. The molecule has 31 nitrogen and oxygen atoms in total. The van der Waals surface area contributed by atoms with E-state index in [1.54, 1.807) is 54.8 Å². The molecule has 6 aromatic carbocycles. The SMILES string of the molecule is COc1ccc(C(OC[C@H]2O[C@@H](n3cnc4c(=O)[nH]c(NC(=O)CCNC(=O)OCC5c6ccccc6-c6ccccc65)nc43)C[C@@H]2OP(OCCC#N)OCC2O[C@@H](N3CNc4c(NC(=O)c5ccc(CC(=O)OCCSC)cc5)ncnc43)C[C@@H]2OP(OCCC#N)N(C(C)C)C(C)C)(c2ccccc2)c2ccc(OC)cc2)cc1. The van der Waals surface area contributed by atoms with Gasteiger partial charge in [0.15, 0.2) is 22.8 Å². The number of nitrogens with one attached hydrogen (secondary N) is 5. The summed E-state index contributed by atoms with van der Waals surface area (Å²) in [5.41, 5.74) is 5.88. The van der Waals surface area contributed by atoms with Crippen LogP contribution in [0.1, 0.15) is 116 Å². The number of nitrogens with zero attached hydrogens (tertiary/aromatic N) is 9. The first-order valence-electron chi connectivity index (χ1n) is 38.4. The second-order valence-corrected chi connectivity index (χ2v) is 31.8. The summed E-state index contributed by atoms with van der Waals surface area (Å²) in [4.78, 5) is 90.1.